The van der Waals surface area contributed by atoms with Gasteiger partial charge in [-0.3, -0.25) is 0 Å². The van der Waals surface area contributed by atoms with Crippen LogP contribution in [0.25, 0.3) is 0 Å². The summed E-state index contributed by atoms with van der Waals surface area (Å²) in [5.41, 5.74) is 2.74. The van der Waals surface area contributed by atoms with Gasteiger partial charge in [0.25, 0.3) is 0 Å². The fourth-order valence-corrected chi connectivity index (χ4v) is 5.71. The van der Waals surface area contributed by atoms with Gasteiger partial charge in [0.1, 0.15) is 0 Å². The lowest BCUT2D eigenvalue weighted by atomic mass is 9.87. The predicted molar refractivity (Wildman–Crippen MR) is 70.9 cm³/mol. The maximum atomic E-state index is 12.0. The minimum atomic E-state index is -0.938. The fourth-order valence-electron chi connectivity index (χ4n) is 2.82. The summed E-state index contributed by atoms with van der Waals surface area (Å²) in [7, 11) is 3.31. The zero-order chi connectivity index (χ0) is 14.3. The molecule has 0 aromatic rings. The van der Waals surface area contributed by atoms with Gasteiger partial charge in [-0.25, -0.2) is 9.59 Å². The Morgan fingerprint density at radius 2 is 1.26 bits per heavy atom. The standard InChI is InChI=1S/C13H17O5P/c1-6-7(2)11-9(13(15)17-4)8(12(14)16-3)10(6)19(11)18-5/h10-11H,1-5H3. The Balaban J connectivity index is 2.57. The van der Waals surface area contributed by atoms with E-state index in [1.165, 1.54) is 14.2 Å². The molecule has 0 radical (unpaired) electrons. The summed E-state index contributed by atoms with van der Waals surface area (Å²) in [6, 6.07) is 0. The number of hydrogen-bond acceptors (Lipinski definition) is 5. The molecule has 0 aliphatic carbocycles. The first kappa shape index (κ1) is 14.2. The van der Waals surface area contributed by atoms with Gasteiger partial charge < -0.3 is 14.0 Å². The largest absolute Gasteiger partial charge is 0.466 e. The molecule has 0 spiro atoms. The van der Waals surface area contributed by atoms with E-state index in [1.807, 2.05) is 13.8 Å². The first-order chi connectivity index (χ1) is 8.99. The van der Waals surface area contributed by atoms with E-state index >= 15 is 0 Å². The summed E-state index contributed by atoms with van der Waals surface area (Å²) in [5, 5.41) is 0. The maximum absolute atomic E-state index is 12.0. The number of ether oxygens (including phenoxy) is 2. The van der Waals surface area contributed by atoms with Crippen LogP contribution in [0.15, 0.2) is 22.3 Å². The molecule has 2 unspecified atom stereocenters. The summed E-state index contributed by atoms with van der Waals surface area (Å²) in [6.07, 6.45) is 0. The van der Waals surface area contributed by atoms with E-state index in [9.17, 15) is 9.59 Å². The van der Waals surface area contributed by atoms with Crippen LogP contribution < -0.4 is 0 Å². The number of esters is 2. The highest BCUT2D eigenvalue weighted by Crippen LogP contribution is 2.68. The van der Waals surface area contributed by atoms with E-state index in [4.69, 9.17) is 14.0 Å². The quantitative estimate of drug-likeness (QED) is 0.449. The normalized spacial score (nSPS) is 29.0. The molecule has 2 aliphatic heterocycles. The molecule has 0 N–H and O–H groups in total. The number of methoxy groups -OCH3 is 2. The van der Waals surface area contributed by atoms with Gasteiger partial charge in [0.05, 0.1) is 44.8 Å². The highest BCUT2D eigenvalue weighted by molar-refractivity contribution is 7.56. The molecule has 6 heteroatoms. The lowest BCUT2D eigenvalue weighted by Crippen LogP contribution is -2.24. The minimum absolute atomic E-state index is 0.147. The van der Waals surface area contributed by atoms with Crippen molar-refractivity contribution in [3.63, 3.8) is 0 Å². The van der Waals surface area contributed by atoms with Crippen LogP contribution >= 0.6 is 8.15 Å². The molecule has 2 bridgehead atoms. The molecule has 0 aromatic carbocycles. The van der Waals surface area contributed by atoms with Crippen molar-refractivity contribution in [2.75, 3.05) is 21.3 Å². The van der Waals surface area contributed by atoms with E-state index in [2.05, 4.69) is 0 Å². The Hall–Kier alpha value is -1.19. The zero-order valence-corrected chi connectivity index (χ0v) is 12.5. The van der Waals surface area contributed by atoms with Crippen LogP contribution in [-0.2, 0) is 23.6 Å². The van der Waals surface area contributed by atoms with Crippen molar-refractivity contribution in [1.29, 1.82) is 0 Å². The molecule has 2 aliphatic rings. The van der Waals surface area contributed by atoms with Gasteiger partial charge in [-0.1, -0.05) is 11.1 Å². The van der Waals surface area contributed by atoms with E-state index in [1.54, 1.807) is 7.11 Å². The van der Waals surface area contributed by atoms with Crippen LogP contribution in [0.1, 0.15) is 13.8 Å². The Kier molecular flexibility index (Phi) is 3.79. The van der Waals surface area contributed by atoms with Crippen molar-refractivity contribution in [1.82, 2.24) is 0 Å². The number of carbonyl (C=O) groups excluding carboxylic acids is 2. The molecule has 2 atom stereocenters. The second-order valence-corrected chi connectivity index (χ2v) is 6.64. The predicted octanol–water partition coefficient (Wildman–Crippen LogP) is 1.77. The number of rotatable bonds is 3. The van der Waals surface area contributed by atoms with Gasteiger partial charge in [-0.2, -0.15) is 0 Å². The van der Waals surface area contributed by atoms with Crippen molar-refractivity contribution in [2.24, 2.45) is 0 Å². The molecule has 5 nitrogen and oxygen atoms in total. The Labute approximate surface area is 113 Å². The van der Waals surface area contributed by atoms with Crippen LogP contribution in [0.2, 0.25) is 0 Å². The first-order valence-corrected chi connectivity index (χ1v) is 7.29. The molecular weight excluding hydrogens is 267 g/mol. The Morgan fingerprint density at radius 3 is 1.53 bits per heavy atom. The summed E-state index contributed by atoms with van der Waals surface area (Å²) in [6.45, 7) is 3.96. The molecule has 19 heavy (non-hydrogen) atoms. The molecule has 0 saturated carbocycles. The minimum Gasteiger partial charge on any atom is -0.466 e. The van der Waals surface area contributed by atoms with E-state index in [0.29, 0.717) is 11.1 Å². The number of hydrogen-bond donors (Lipinski definition) is 0. The highest BCUT2D eigenvalue weighted by Gasteiger charge is 2.55. The molecule has 0 fully saturated rings. The molecule has 2 heterocycles. The lowest BCUT2D eigenvalue weighted by Gasteiger charge is -2.18. The summed E-state index contributed by atoms with van der Waals surface area (Å²) < 4.78 is 15.2. The summed E-state index contributed by atoms with van der Waals surface area (Å²) in [4.78, 5) is 24.0. The van der Waals surface area contributed by atoms with Gasteiger partial charge in [0.2, 0.25) is 0 Å². The van der Waals surface area contributed by atoms with Crippen LogP contribution in [0.4, 0.5) is 0 Å². The molecule has 104 valence electrons. The SMILES string of the molecule is COC(=O)C1=C(C(=O)OC)C2C(C)=C(C)C1P2OC. The maximum Gasteiger partial charge on any atom is 0.335 e. The smallest absolute Gasteiger partial charge is 0.335 e. The molecule has 2 rings (SSSR count). The van der Waals surface area contributed by atoms with Crippen molar-refractivity contribution < 1.29 is 23.6 Å². The van der Waals surface area contributed by atoms with Gasteiger partial charge >= 0.3 is 11.9 Å². The lowest BCUT2D eigenvalue weighted by molar-refractivity contribution is -0.139. The first-order valence-electron chi connectivity index (χ1n) is 5.89. The van der Waals surface area contributed by atoms with Gasteiger partial charge in [0.15, 0.2) is 0 Å². The third kappa shape index (κ3) is 1.84. The second-order valence-electron chi connectivity index (χ2n) is 4.52. The molecule has 0 saturated heterocycles. The molecular formula is C13H17O5P. The molecule has 0 amide bonds. The van der Waals surface area contributed by atoms with Crippen molar-refractivity contribution in [3.8, 4) is 0 Å². The van der Waals surface area contributed by atoms with Crippen LogP contribution in [0.3, 0.4) is 0 Å². The monoisotopic (exact) mass is 284 g/mol. The van der Waals surface area contributed by atoms with Crippen molar-refractivity contribution in [3.05, 3.63) is 22.3 Å². The van der Waals surface area contributed by atoms with Crippen LogP contribution in [-0.4, -0.2) is 44.6 Å². The van der Waals surface area contributed by atoms with E-state index in [-0.39, 0.29) is 11.3 Å². The van der Waals surface area contributed by atoms with Gasteiger partial charge in [0, 0.05) is 7.11 Å². The van der Waals surface area contributed by atoms with Crippen LogP contribution in [0, 0.1) is 0 Å². The van der Waals surface area contributed by atoms with E-state index in [0.717, 1.165) is 11.1 Å². The Bertz CT molecular complexity index is 463. The average molecular weight is 284 g/mol. The van der Waals surface area contributed by atoms with Gasteiger partial charge in [-0.15, -0.1) is 0 Å². The second kappa shape index (κ2) is 5.06. The summed E-state index contributed by atoms with van der Waals surface area (Å²) >= 11 is 0. The number of fused-ring (bicyclic) bond motifs is 2. The molecule has 0 aromatic heterocycles. The van der Waals surface area contributed by atoms with Gasteiger partial charge in [-0.05, 0) is 13.8 Å². The topological polar surface area (TPSA) is 61.8 Å². The summed E-state index contributed by atoms with van der Waals surface area (Å²) in [5.74, 6) is -0.936. The third-order valence-corrected chi connectivity index (χ3v) is 6.54. The third-order valence-electron chi connectivity index (χ3n) is 3.81. The van der Waals surface area contributed by atoms with Crippen LogP contribution in [0.5, 0.6) is 0 Å². The van der Waals surface area contributed by atoms with Crippen molar-refractivity contribution >= 4 is 20.1 Å². The van der Waals surface area contributed by atoms with Crippen molar-refractivity contribution in [2.45, 2.75) is 25.2 Å². The number of allylic oxidation sites excluding steroid dienone is 2. The zero-order valence-electron chi connectivity index (χ0n) is 11.6. The highest BCUT2D eigenvalue weighted by atomic mass is 31.1. The number of carbonyl (C=O) groups is 2. The fraction of sp³-hybridized carbons (Fsp3) is 0.538. The average Bonchev–Trinajstić information content (AvgIpc) is 2.88. The Morgan fingerprint density at radius 1 is 0.895 bits per heavy atom. The van der Waals surface area contributed by atoms with E-state index < -0.39 is 20.1 Å².